The van der Waals surface area contributed by atoms with Gasteiger partial charge in [-0.2, -0.15) is 0 Å². The lowest BCUT2D eigenvalue weighted by atomic mass is 9.86. The average molecular weight is 246 g/mol. The van der Waals surface area contributed by atoms with Crippen LogP contribution in [0.25, 0.3) is 0 Å². The van der Waals surface area contributed by atoms with E-state index in [9.17, 15) is 0 Å². The fourth-order valence-electron chi connectivity index (χ4n) is 3.09. The Morgan fingerprint density at radius 2 is 2.11 bits per heavy atom. The molecule has 0 amide bonds. The molecule has 18 heavy (non-hydrogen) atoms. The Kier molecular flexibility index (Phi) is 4.28. The lowest BCUT2D eigenvalue weighted by Gasteiger charge is -2.36. The van der Waals surface area contributed by atoms with Crippen LogP contribution in [-0.2, 0) is 6.54 Å². The zero-order valence-electron chi connectivity index (χ0n) is 11.9. The molecule has 0 heterocycles. The third-order valence-corrected chi connectivity index (χ3v) is 4.41. The monoisotopic (exact) mass is 246 g/mol. The third kappa shape index (κ3) is 2.86. The van der Waals surface area contributed by atoms with Crippen molar-refractivity contribution >= 4 is 5.69 Å². The quantitative estimate of drug-likeness (QED) is 0.885. The van der Waals surface area contributed by atoms with E-state index in [4.69, 9.17) is 5.73 Å². The van der Waals surface area contributed by atoms with Crippen LogP contribution in [0.3, 0.4) is 0 Å². The van der Waals surface area contributed by atoms with Crippen LogP contribution in [0.1, 0.15) is 43.7 Å². The molecule has 1 aromatic rings. The average Bonchev–Trinajstić information content (AvgIpc) is 2.37. The van der Waals surface area contributed by atoms with E-state index in [1.54, 1.807) is 0 Å². The molecule has 2 rings (SSSR count). The number of hydrogen-bond acceptors (Lipinski definition) is 2. The van der Waals surface area contributed by atoms with Crippen LogP contribution in [0.5, 0.6) is 0 Å². The summed E-state index contributed by atoms with van der Waals surface area (Å²) in [5.41, 5.74) is 9.63. The van der Waals surface area contributed by atoms with Crippen LogP contribution in [-0.4, -0.2) is 13.1 Å². The lowest BCUT2D eigenvalue weighted by Crippen LogP contribution is -2.35. The normalized spacial score (nSPS) is 24.0. The van der Waals surface area contributed by atoms with Gasteiger partial charge in [0, 0.05) is 25.3 Å². The van der Waals surface area contributed by atoms with Crippen molar-refractivity contribution in [3.8, 4) is 0 Å². The van der Waals surface area contributed by atoms with E-state index in [2.05, 4.69) is 44.0 Å². The highest BCUT2D eigenvalue weighted by molar-refractivity contribution is 5.51. The molecule has 1 aliphatic rings. The first kappa shape index (κ1) is 13.4. The zero-order chi connectivity index (χ0) is 13.1. The maximum absolute atomic E-state index is 5.72. The van der Waals surface area contributed by atoms with Crippen LogP contribution in [0.4, 0.5) is 5.69 Å². The van der Waals surface area contributed by atoms with Crippen LogP contribution < -0.4 is 10.6 Å². The summed E-state index contributed by atoms with van der Waals surface area (Å²) in [6.45, 7) is 5.17. The van der Waals surface area contributed by atoms with E-state index in [-0.39, 0.29) is 0 Å². The molecule has 0 spiro atoms. The maximum Gasteiger partial charge on any atom is 0.0368 e. The molecule has 2 N–H and O–H groups in total. The van der Waals surface area contributed by atoms with E-state index >= 15 is 0 Å². The summed E-state index contributed by atoms with van der Waals surface area (Å²) in [6.07, 6.45) is 5.43. The largest absolute Gasteiger partial charge is 0.372 e. The Hall–Kier alpha value is -1.02. The predicted molar refractivity (Wildman–Crippen MR) is 78.9 cm³/mol. The molecule has 1 aliphatic carbocycles. The van der Waals surface area contributed by atoms with Crippen molar-refractivity contribution in [3.63, 3.8) is 0 Å². The predicted octanol–water partition coefficient (Wildman–Crippen LogP) is 3.47. The van der Waals surface area contributed by atoms with E-state index in [0.29, 0.717) is 12.6 Å². The molecule has 1 aromatic carbocycles. The van der Waals surface area contributed by atoms with Crippen molar-refractivity contribution in [1.82, 2.24) is 0 Å². The summed E-state index contributed by atoms with van der Waals surface area (Å²) in [5, 5.41) is 0. The van der Waals surface area contributed by atoms with Crippen molar-refractivity contribution < 1.29 is 0 Å². The third-order valence-electron chi connectivity index (χ3n) is 4.41. The van der Waals surface area contributed by atoms with Gasteiger partial charge in [-0.05, 0) is 48.9 Å². The van der Waals surface area contributed by atoms with E-state index < -0.39 is 0 Å². The fourth-order valence-corrected chi connectivity index (χ4v) is 3.09. The summed E-state index contributed by atoms with van der Waals surface area (Å²) in [6, 6.07) is 7.38. The zero-order valence-corrected chi connectivity index (χ0v) is 11.9. The van der Waals surface area contributed by atoms with Crippen LogP contribution in [0, 0.1) is 12.8 Å². The van der Waals surface area contributed by atoms with Crippen molar-refractivity contribution in [2.45, 2.75) is 52.1 Å². The first-order valence-corrected chi connectivity index (χ1v) is 7.14. The van der Waals surface area contributed by atoms with E-state index in [1.165, 1.54) is 42.5 Å². The van der Waals surface area contributed by atoms with Gasteiger partial charge in [-0.1, -0.05) is 25.8 Å². The molecular formula is C16H26N2. The Morgan fingerprint density at radius 3 is 2.72 bits per heavy atom. The van der Waals surface area contributed by atoms with Crippen molar-refractivity contribution in [1.29, 1.82) is 0 Å². The molecule has 1 fully saturated rings. The van der Waals surface area contributed by atoms with Gasteiger partial charge in [0.05, 0.1) is 0 Å². The van der Waals surface area contributed by atoms with Crippen molar-refractivity contribution in [3.05, 3.63) is 29.3 Å². The SMILES string of the molecule is Cc1cc(N(C)C2CCCC(C)C2)ccc1CN. The Balaban J connectivity index is 2.12. The summed E-state index contributed by atoms with van der Waals surface area (Å²) >= 11 is 0. The van der Waals surface area contributed by atoms with Gasteiger partial charge in [0.1, 0.15) is 0 Å². The highest BCUT2D eigenvalue weighted by Crippen LogP contribution is 2.30. The second-order valence-electron chi connectivity index (χ2n) is 5.85. The molecule has 0 aliphatic heterocycles. The van der Waals surface area contributed by atoms with Gasteiger partial charge >= 0.3 is 0 Å². The van der Waals surface area contributed by atoms with Gasteiger partial charge in [0.2, 0.25) is 0 Å². The Bertz CT molecular complexity index is 400. The van der Waals surface area contributed by atoms with Gasteiger partial charge < -0.3 is 10.6 Å². The van der Waals surface area contributed by atoms with E-state index in [1.807, 2.05) is 0 Å². The topological polar surface area (TPSA) is 29.3 Å². The van der Waals surface area contributed by atoms with Crippen LogP contribution in [0.2, 0.25) is 0 Å². The first-order valence-electron chi connectivity index (χ1n) is 7.14. The minimum absolute atomic E-state index is 0.635. The molecule has 1 saturated carbocycles. The second kappa shape index (κ2) is 5.75. The number of nitrogens with zero attached hydrogens (tertiary/aromatic N) is 1. The summed E-state index contributed by atoms with van der Waals surface area (Å²) in [5.74, 6) is 0.871. The van der Waals surface area contributed by atoms with Crippen molar-refractivity contribution in [2.24, 2.45) is 11.7 Å². The molecule has 0 saturated heterocycles. The highest BCUT2D eigenvalue weighted by Gasteiger charge is 2.22. The maximum atomic E-state index is 5.72. The minimum atomic E-state index is 0.635. The van der Waals surface area contributed by atoms with Crippen LogP contribution in [0.15, 0.2) is 18.2 Å². The molecule has 0 radical (unpaired) electrons. The highest BCUT2D eigenvalue weighted by atomic mass is 15.1. The molecule has 2 unspecified atom stereocenters. The smallest absolute Gasteiger partial charge is 0.0368 e. The molecule has 2 nitrogen and oxygen atoms in total. The Morgan fingerprint density at radius 1 is 1.33 bits per heavy atom. The molecule has 2 atom stereocenters. The molecule has 2 heteroatoms. The molecule has 0 bridgehead atoms. The van der Waals surface area contributed by atoms with Gasteiger partial charge in [-0.3, -0.25) is 0 Å². The number of rotatable bonds is 3. The fraction of sp³-hybridized carbons (Fsp3) is 0.625. The van der Waals surface area contributed by atoms with Gasteiger partial charge in [0.25, 0.3) is 0 Å². The second-order valence-corrected chi connectivity index (χ2v) is 5.85. The molecule has 0 aromatic heterocycles. The summed E-state index contributed by atoms with van der Waals surface area (Å²) in [7, 11) is 2.24. The Labute approximate surface area is 111 Å². The van der Waals surface area contributed by atoms with Crippen LogP contribution >= 0.6 is 0 Å². The number of benzene rings is 1. The summed E-state index contributed by atoms with van der Waals surface area (Å²) < 4.78 is 0. The standard InChI is InChI=1S/C16H26N2/c1-12-5-4-6-15(9-12)18(3)16-8-7-14(11-17)13(2)10-16/h7-8,10,12,15H,4-6,9,11,17H2,1-3H3. The minimum Gasteiger partial charge on any atom is -0.372 e. The summed E-state index contributed by atoms with van der Waals surface area (Å²) in [4.78, 5) is 2.46. The van der Waals surface area contributed by atoms with Gasteiger partial charge in [0.15, 0.2) is 0 Å². The van der Waals surface area contributed by atoms with Gasteiger partial charge in [-0.15, -0.1) is 0 Å². The number of nitrogens with two attached hydrogens (primary N) is 1. The molecular weight excluding hydrogens is 220 g/mol. The number of anilines is 1. The van der Waals surface area contributed by atoms with E-state index in [0.717, 1.165) is 5.92 Å². The number of hydrogen-bond donors (Lipinski definition) is 1. The van der Waals surface area contributed by atoms with Crippen molar-refractivity contribution in [2.75, 3.05) is 11.9 Å². The lowest BCUT2D eigenvalue weighted by molar-refractivity contribution is 0.336. The van der Waals surface area contributed by atoms with Gasteiger partial charge in [-0.25, -0.2) is 0 Å². The molecule has 100 valence electrons. The number of aryl methyl sites for hydroxylation is 1. The first-order chi connectivity index (χ1) is 8.61.